The third kappa shape index (κ3) is 3.04. The Kier molecular flexibility index (Phi) is 3.70. The number of nitrogens with two attached hydrogens (primary N) is 1. The lowest BCUT2D eigenvalue weighted by Crippen LogP contribution is -2.27. The molecule has 0 aliphatic rings. The molecule has 1 aromatic carbocycles. The number of rotatable bonds is 3. The molecule has 0 aliphatic carbocycles. The number of hydrogen-bond donors (Lipinski definition) is 1. The van der Waals surface area contributed by atoms with Crippen LogP contribution < -0.4 is 5.73 Å². The standard InChI is InChI=1S/C13H13FN4O/c1-18(8-9-4-2-3-5-10(9)14)13(19)11-6-16-7-12(15)17-11/h2-7H,8H2,1H3,(H2,15,17). The predicted molar refractivity (Wildman–Crippen MR) is 68.6 cm³/mol. The van der Waals surface area contributed by atoms with Gasteiger partial charge in [0.2, 0.25) is 0 Å². The Morgan fingerprint density at radius 1 is 1.37 bits per heavy atom. The molecule has 1 aromatic heterocycles. The summed E-state index contributed by atoms with van der Waals surface area (Å²) in [6.07, 6.45) is 2.68. The maximum atomic E-state index is 13.5. The number of aromatic nitrogens is 2. The highest BCUT2D eigenvalue weighted by Crippen LogP contribution is 2.10. The summed E-state index contributed by atoms with van der Waals surface area (Å²) < 4.78 is 13.5. The molecule has 1 heterocycles. The number of hydrogen-bond acceptors (Lipinski definition) is 4. The molecular formula is C13H13FN4O. The average Bonchev–Trinajstić information content (AvgIpc) is 2.40. The van der Waals surface area contributed by atoms with E-state index in [4.69, 9.17) is 5.73 Å². The molecule has 0 bridgehead atoms. The molecule has 2 rings (SSSR count). The zero-order valence-electron chi connectivity index (χ0n) is 10.4. The molecule has 0 fully saturated rings. The molecule has 2 N–H and O–H groups in total. The molecule has 6 heteroatoms. The van der Waals surface area contributed by atoms with Gasteiger partial charge in [-0.05, 0) is 6.07 Å². The largest absolute Gasteiger partial charge is 0.382 e. The number of halogens is 1. The smallest absolute Gasteiger partial charge is 0.274 e. The second-order valence-electron chi connectivity index (χ2n) is 4.08. The third-order valence-electron chi connectivity index (χ3n) is 2.58. The quantitative estimate of drug-likeness (QED) is 0.907. The number of nitrogens with zero attached hydrogens (tertiary/aromatic N) is 3. The van der Waals surface area contributed by atoms with Crippen LogP contribution >= 0.6 is 0 Å². The van der Waals surface area contributed by atoms with E-state index in [9.17, 15) is 9.18 Å². The van der Waals surface area contributed by atoms with E-state index in [2.05, 4.69) is 9.97 Å². The highest BCUT2D eigenvalue weighted by atomic mass is 19.1. The van der Waals surface area contributed by atoms with E-state index in [1.54, 1.807) is 25.2 Å². The summed E-state index contributed by atoms with van der Waals surface area (Å²) in [5, 5.41) is 0. The fourth-order valence-corrected chi connectivity index (χ4v) is 1.63. The third-order valence-corrected chi connectivity index (χ3v) is 2.58. The highest BCUT2D eigenvalue weighted by molar-refractivity contribution is 5.92. The second-order valence-corrected chi connectivity index (χ2v) is 4.08. The predicted octanol–water partition coefficient (Wildman–Crippen LogP) is 1.47. The Morgan fingerprint density at radius 3 is 2.79 bits per heavy atom. The van der Waals surface area contributed by atoms with Crippen molar-refractivity contribution >= 4 is 11.7 Å². The van der Waals surface area contributed by atoms with Crippen molar-refractivity contribution in [1.82, 2.24) is 14.9 Å². The summed E-state index contributed by atoms with van der Waals surface area (Å²) in [5.74, 6) is -0.533. The van der Waals surface area contributed by atoms with Gasteiger partial charge in [-0.15, -0.1) is 0 Å². The van der Waals surface area contributed by atoms with Gasteiger partial charge in [-0.2, -0.15) is 0 Å². The molecule has 2 aromatic rings. The molecule has 0 atom stereocenters. The molecule has 0 radical (unpaired) electrons. The molecule has 19 heavy (non-hydrogen) atoms. The van der Waals surface area contributed by atoms with Crippen molar-refractivity contribution in [2.75, 3.05) is 12.8 Å². The van der Waals surface area contributed by atoms with Gasteiger partial charge in [-0.3, -0.25) is 9.78 Å². The van der Waals surface area contributed by atoms with Crippen LogP contribution in [0, 0.1) is 5.82 Å². The molecule has 98 valence electrons. The van der Waals surface area contributed by atoms with Gasteiger partial charge in [-0.25, -0.2) is 9.37 Å². The Morgan fingerprint density at radius 2 is 2.11 bits per heavy atom. The first-order valence-corrected chi connectivity index (χ1v) is 5.64. The topological polar surface area (TPSA) is 72.1 Å². The van der Waals surface area contributed by atoms with Crippen LogP contribution in [0.1, 0.15) is 16.1 Å². The van der Waals surface area contributed by atoms with Crippen molar-refractivity contribution < 1.29 is 9.18 Å². The van der Waals surface area contributed by atoms with Crippen LogP contribution in [-0.2, 0) is 6.54 Å². The summed E-state index contributed by atoms with van der Waals surface area (Å²) in [5.41, 5.74) is 6.05. The second kappa shape index (κ2) is 5.43. The van der Waals surface area contributed by atoms with Crippen LogP contribution in [0.4, 0.5) is 10.2 Å². The number of nitrogen functional groups attached to an aromatic ring is 1. The van der Waals surface area contributed by atoms with Crippen molar-refractivity contribution in [1.29, 1.82) is 0 Å². The SMILES string of the molecule is CN(Cc1ccccc1F)C(=O)c1cncc(N)n1. The van der Waals surface area contributed by atoms with Crippen LogP contribution in [0.2, 0.25) is 0 Å². The van der Waals surface area contributed by atoms with Gasteiger partial charge in [0.15, 0.2) is 0 Å². The number of amides is 1. The van der Waals surface area contributed by atoms with Gasteiger partial charge < -0.3 is 10.6 Å². The minimum absolute atomic E-state index is 0.138. The lowest BCUT2D eigenvalue weighted by Gasteiger charge is -2.17. The summed E-state index contributed by atoms with van der Waals surface area (Å²) in [7, 11) is 1.57. The van der Waals surface area contributed by atoms with E-state index in [0.29, 0.717) is 5.56 Å². The van der Waals surface area contributed by atoms with Crippen LogP contribution in [-0.4, -0.2) is 27.8 Å². The van der Waals surface area contributed by atoms with Gasteiger partial charge in [0.1, 0.15) is 17.3 Å². The minimum Gasteiger partial charge on any atom is -0.382 e. The van der Waals surface area contributed by atoms with Crippen molar-refractivity contribution in [3.63, 3.8) is 0 Å². The molecular weight excluding hydrogens is 247 g/mol. The molecule has 0 saturated heterocycles. The summed E-state index contributed by atoms with van der Waals surface area (Å²) in [6.45, 7) is 0.155. The highest BCUT2D eigenvalue weighted by Gasteiger charge is 2.15. The van der Waals surface area contributed by atoms with Gasteiger partial charge in [0, 0.05) is 19.2 Å². The Bertz CT molecular complexity index is 603. The van der Waals surface area contributed by atoms with E-state index in [0.717, 1.165) is 0 Å². The van der Waals surface area contributed by atoms with Crippen molar-refractivity contribution in [3.05, 3.63) is 53.7 Å². The first kappa shape index (κ1) is 12.9. The van der Waals surface area contributed by atoms with Crippen molar-refractivity contribution in [2.24, 2.45) is 0 Å². The monoisotopic (exact) mass is 260 g/mol. The van der Waals surface area contributed by atoms with Crippen LogP contribution in [0.25, 0.3) is 0 Å². The molecule has 0 unspecified atom stereocenters. The van der Waals surface area contributed by atoms with E-state index in [1.807, 2.05) is 0 Å². The minimum atomic E-state index is -0.358. The first-order valence-electron chi connectivity index (χ1n) is 5.64. The normalized spacial score (nSPS) is 10.2. The Hall–Kier alpha value is -2.50. The number of carbonyl (C=O) groups excluding carboxylic acids is 1. The van der Waals surface area contributed by atoms with Crippen molar-refractivity contribution in [3.8, 4) is 0 Å². The van der Waals surface area contributed by atoms with Crippen LogP contribution in [0.5, 0.6) is 0 Å². The average molecular weight is 260 g/mol. The summed E-state index contributed by atoms with van der Waals surface area (Å²) >= 11 is 0. The van der Waals surface area contributed by atoms with Crippen LogP contribution in [0.15, 0.2) is 36.7 Å². The van der Waals surface area contributed by atoms with Gasteiger partial charge in [0.25, 0.3) is 5.91 Å². The fourth-order valence-electron chi connectivity index (χ4n) is 1.63. The number of anilines is 1. The lowest BCUT2D eigenvalue weighted by molar-refractivity contribution is 0.0777. The summed E-state index contributed by atoms with van der Waals surface area (Å²) in [4.78, 5) is 21.1. The molecule has 0 spiro atoms. The van der Waals surface area contributed by atoms with Gasteiger partial charge in [-0.1, -0.05) is 18.2 Å². The number of benzene rings is 1. The van der Waals surface area contributed by atoms with E-state index < -0.39 is 0 Å². The fraction of sp³-hybridized carbons (Fsp3) is 0.154. The zero-order valence-corrected chi connectivity index (χ0v) is 10.4. The van der Waals surface area contributed by atoms with Gasteiger partial charge in [0.05, 0.1) is 12.4 Å². The molecule has 5 nitrogen and oxygen atoms in total. The molecule has 1 amide bonds. The van der Waals surface area contributed by atoms with Crippen molar-refractivity contribution in [2.45, 2.75) is 6.54 Å². The maximum Gasteiger partial charge on any atom is 0.274 e. The Balaban J connectivity index is 2.14. The van der Waals surface area contributed by atoms with Crippen LogP contribution in [0.3, 0.4) is 0 Å². The zero-order chi connectivity index (χ0) is 13.8. The first-order chi connectivity index (χ1) is 9.08. The van der Waals surface area contributed by atoms with E-state index in [1.165, 1.54) is 23.4 Å². The Labute approximate surface area is 109 Å². The van der Waals surface area contributed by atoms with Gasteiger partial charge >= 0.3 is 0 Å². The molecule has 0 saturated carbocycles. The van der Waals surface area contributed by atoms with E-state index >= 15 is 0 Å². The lowest BCUT2D eigenvalue weighted by atomic mass is 10.2. The molecule has 0 aliphatic heterocycles. The maximum absolute atomic E-state index is 13.5. The van der Waals surface area contributed by atoms with E-state index in [-0.39, 0.29) is 29.8 Å². The summed E-state index contributed by atoms with van der Waals surface area (Å²) in [6, 6.07) is 6.30. The number of carbonyl (C=O) groups is 1.